The fourth-order valence-corrected chi connectivity index (χ4v) is 2.18. The Morgan fingerprint density at radius 2 is 2.00 bits per heavy atom. The maximum absolute atomic E-state index is 2.46. The second-order valence-electron chi connectivity index (χ2n) is 5.87. The molecule has 0 radical (unpaired) electrons. The molecule has 0 bridgehead atoms. The lowest BCUT2D eigenvalue weighted by Crippen LogP contribution is -2.14. The molecule has 0 aromatic heterocycles. The molecule has 13 heavy (non-hydrogen) atoms. The first-order chi connectivity index (χ1) is 5.97. The normalized spacial score (nSPS) is 25.4. The molecule has 1 unspecified atom stereocenters. The van der Waals surface area contributed by atoms with Gasteiger partial charge in [-0.3, -0.25) is 0 Å². The fraction of sp³-hybridized carbons (Fsp3) is 1.00. The molecule has 1 heterocycles. The molecule has 1 rings (SSSR count). The van der Waals surface area contributed by atoms with Gasteiger partial charge in [0.1, 0.15) is 0 Å². The Hall–Kier alpha value is -0.0400. The third kappa shape index (κ3) is 4.66. The average Bonchev–Trinajstić information content (AvgIpc) is 2.33. The van der Waals surface area contributed by atoms with E-state index in [2.05, 4.69) is 32.7 Å². The van der Waals surface area contributed by atoms with E-state index in [1.165, 1.54) is 38.8 Å². The van der Waals surface area contributed by atoms with Gasteiger partial charge in [0, 0.05) is 6.54 Å². The third-order valence-electron chi connectivity index (χ3n) is 3.03. The van der Waals surface area contributed by atoms with E-state index in [-0.39, 0.29) is 0 Å². The van der Waals surface area contributed by atoms with Crippen molar-refractivity contribution in [2.45, 2.75) is 46.5 Å². The summed E-state index contributed by atoms with van der Waals surface area (Å²) in [5.74, 6) is 0.993. The molecular formula is C12H25N. The predicted octanol–water partition coefficient (Wildman–Crippen LogP) is 3.15. The Bertz CT molecular complexity index is 146. The molecule has 1 aliphatic rings. The summed E-state index contributed by atoms with van der Waals surface area (Å²) in [6.45, 7) is 9.68. The molecule has 0 amide bonds. The van der Waals surface area contributed by atoms with Gasteiger partial charge in [0.2, 0.25) is 0 Å². The number of rotatable bonds is 3. The van der Waals surface area contributed by atoms with Crippen molar-refractivity contribution in [1.29, 1.82) is 0 Å². The summed E-state index contributed by atoms with van der Waals surface area (Å²) in [6.07, 6.45) is 5.68. The van der Waals surface area contributed by atoms with Crippen LogP contribution in [0.1, 0.15) is 46.5 Å². The Kier molecular flexibility index (Phi) is 3.78. The first kappa shape index (κ1) is 11.0. The number of hydrogen-bond acceptors (Lipinski definition) is 1. The largest absolute Gasteiger partial charge is 0.306 e. The van der Waals surface area contributed by atoms with Crippen LogP contribution >= 0.6 is 0 Å². The summed E-state index contributed by atoms with van der Waals surface area (Å²) in [7, 11) is 2.24. The zero-order chi connectivity index (χ0) is 9.90. The lowest BCUT2D eigenvalue weighted by molar-refractivity contribution is 0.332. The summed E-state index contributed by atoms with van der Waals surface area (Å²) in [5, 5.41) is 0. The molecule has 1 fully saturated rings. The van der Waals surface area contributed by atoms with E-state index in [1.807, 2.05) is 0 Å². The molecule has 0 N–H and O–H groups in total. The highest BCUT2D eigenvalue weighted by Crippen LogP contribution is 2.26. The van der Waals surface area contributed by atoms with Crippen LogP contribution in [0, 0.1) is 11.3 Å². The first-order valence-electron chi connectivity index (χ1n) is 5.66. The first-order valence-corrected chi connectivity index (χ1v) is 5.66. The van der Waals surface area contributed by atoms with Gasteiger partial charge in [-0.2, -0.15) is 0 Å². The third-order valence-corrected chi connectivity index (χ3v) is 3.03. The minimum Gasteiger partial charge on any atom is -0.306 e. The molecule has 0 spiro atoms. The van der Waals surface area contributed by atoms with Crippen molar-refractivity contribution in [1.82, 2.24) is 4.90 Å². The second kappa shape index (κ2) is 4.45. The van der Waals surface area contributed by atoms with Gasteiger partial charge in [0.15, 0.2) is 0 Å². The molecule has 1 atom stereocenters. The van der Waals surface area contributed by atoms with E-state index >= 15 is 0 Å². The molecule has 1 nitrogen and oxygen atoms in total. The van der Waals surface area contributed by atoms with Gasteiger partial charge in [-0.25, -0.2) is 0 Å². The van der Waals surface area contributed by atoms with Crippen molar-refractivity contribution in [2.75, 3.05) is 20.1 Å². The van der Waals surface area contributed by atoms with Gasteiger partial charge in [0.05, 0.1) is 0 Å². The molecule has 78 valence electrons. The molecule has 1 aliphatic heterocycles. The van der Waals surface area contributed by atoms with Crippen LogP contribution in [0.2, 0.25) is 0 Å². The smallest absolute Gasteiger partial charge is 0.000708 e. The van der Waals surface area contributed by atoms with Crippen LogP contribution in [-0.2, 0) is 0 Å². The Morgan fingerprint density at radius 1 is 1.31 bits per heavy atom. The van der Waals surface area contributed by atoms with E-state index in [0.29, 0.717) is 5.41 Å². The van der Waals surface area contributed by atoms with E-state index in [0.717, 1.165) is 5.92 Å². The number of likely N-dealkylation sites (tertiary alicyclic amines) is 1. The highest BCUT2D eigenvalue weighted by Gasteiger charge is 2.19. The van der Waals surface area contributed by atoms with E-state index in [4.69, 9.17) is 0 Å². The average molecular weight is 183 g/mol. The fourth-order valence-electron chi connectivity index (χ4n) is 2.18. The van der Waals surface area contributed by atoms with Crippen molar-refractivity contribution in [3.63, 3.8) is 0 Å². The monoisotopic (exact) mass is 183 g/mol. The van der Waals surface area contributed by atoms with Crippen LogP contribution in [0.4, 0.5) is 0 Å². The van der Waals surface area contributed by atoms with Gasteiger partial charge in [-0.15, -0.1) is 0 Å². The van der Waals surface area contributed by atoms with Crippen LogP contribution in [0.25, 0.3) is 0 Å². The zero-order valence-electron chi connectivity index (χ0n) is 9.77. The Morgan fingerprint density at radius 3 is 2.46 bits per heavy atom. The number of nitrogens with zero attached hydrogens (tertiary/aromatic N) is 1. The minimum absolute atomic E-state index is 0.532. The summed E-state index contributed by atoms with van der Waals surface area (Å²) in [4.78, 5) is 2.46. The Labute approximate surface area is 83.5 Å². The highest BCUT2D eigenvalue weighted by molar-refractivity contribution is 4.73. The number of hydrogen-bond donors (Lipinski definition) is 0. The molecule has 0 aromatic rings. The SMILES string of the molecule is CN1CCC(CCCC(C)(C)C)C1. The quantitative estimate of drug-likeness (QED) is 0.649. The lowest BCUT2D eigenvalue weighted by atomic mass is 9.88. The molecular weight excluding hydrogens is 158 g/mol. The molecule has 0 saturated carbocycles. The van der Waals surface area contributed by atoms with Gasteiger partial charge < -0.3 is 4.90 Å². The van der Waals surface area contributed by atoms with E-state index in [9.17, 15) is 0 Å². The maximum Gasteiger partial charge on any atom is 0.000708 e. The van der Waals surface area contributed by atoms with Gasteiger partial charge >= 0.3 is 0 Å². The van der Waals surface area contributed by atoms with Gasteiger partial charge in [0.25, 0.3) is 0 Å². The van der Waals surface area contributed by atoms with E-state index < -0.39 is 0 Å². The van der Waals surface area contributed by atoms with Crippen molar-refractivity contribution >= 4 is 0 Å². The van der Waals surface area contributed by atoms with Crippen LogP contribution in [0.15, 0.2) is 0 Å². The lowest BCUT2D eigenvalue weighted by Gasteiger charge is -2.19. The standard InChI is InChI=1S/C12H25N/c1-12(2,3)8-5-6-11-7-9-13(4)10-11/h11H,5-10H2,1-4H3. The molecule has 1 saturated heterocycles. The van der Waals surface area contributed by atoms with Crippen LogP contribution in [-0.4, -0.2) is 25.0 Å². The van der Waals surface area contributed by atoms with Crippen molar-refractivity contribution < 1.29 is 0 Å². The van der Waals surface area contributed by atoms with Crippen LogP contribution in [0.5, 0.6) is 0 Å². The summed E-state index contributed by atoms with van der Waals surface area (Å²) in [5.41, 5.74) is 0.532. The van der Waals surface area contributed by atoms with Crippen molar-refractivity contribution in [3.8, 4) is 0 Å². The minimum atomic E-state index is 0.532. The highest BCUT2D eigenvalue weighted by atomic mass is 15.1. The molecule has 0 aromatic carbocycles. The van der Waals surface area contributed by atoms with Crippen molar-refractivity contribution in [3.05, 3.63) is 0 Å². The Balaban J connectivity index is 2.07. The second-order valence-corrected chi connectivity index (χ2v) is 5.87. The van der Waals surface area contributed by atoms with Gasteiger partial charge in [-0.1, -0.05) is 27.2 Å². The zero-order valence-corrected chi connectivity index (χ0v) is 9.77. The maximum atomic E-state index is 2.46. The van der Waals surface area contributed by atoms with Crippen molar-refractivity contribution in [2.24, 2.45) is 11.3 Å². The predicted molar refractivity (Wildman–Crippen MR) is 58.9 cm³/mol. The van der Waals surface area contributed by atoms with Gasteiger partial charge in [-0.05, 0) is 44.2 Å². The molecule has 0 aliphatic carbocycles. The topological polar surface area (TPSA) is 3.24 Å². The van der Waals surface area contributed by atoms with Crippen LogP contribution < -0.4 is 0 Å². The summed E-state index contributed by atoms with van der Waals surface area (Å²) in [6, 6.07) is 0. The summed E-state index contributed by atoms with van der Waals surface area (Å²) >= 11 is 0. The van der Waals surface area contributed by atoms with Crippen LogP contribution in [0.3, 0.4) is 0 Å². The summed E-state index contributed by atoms with van der Waals surface area (Å²) < 4.78 is 0. The molecule has 1 heteroatoms. The van der Waals surface area contributed by atoms with E-state index in [1.54, 1.807) is 0 Å².